The Bertz CT molecular complexity index is 388. The molecule has 1 saturated carbocycles. The van der Waals surface area contributed by atoms with E-state index in [1.165, 1.54) is 0 Å². The van der Waals surface area contributed by atoms with Gasteiger partial charge in [-0.1, -0.05) is 15.9 Å². The standard InChI is InChI=1S/C11H12BrNO2/c1-15-10-5-7(4-8(12)6-10)11(14)13-9-2-3-9/h4-6,9H,2-3H2,1H3,(H,13,14). The van der Waals surface area contributed by atoms with Crippen LogP contribution in [0.3, 0.4) is 0 Å². The molecule has 1 aromatic carbocycles. The predicted octanol–water partition coefficient (Wildman–Crippen LogP) is 2.35. The third kappa shape index (κ3) is 2.72. The highest BCUT2D eigenvalue weighted by Gasteiger charge is 2.24. The Labute approximate surface area is 96.9 Å². The van der Waals surface area contributed by atoms with Crippen molar-refractivity contribution in [2.75, 3.05) is 7.11 Å². The number of amides is 1. The molecular weight excluding hydrogens is 258 g/mol. The van der Waals surface area contributed by atoms with Crippen molar-refractivity contribution in [2.24, 2.45) is 0 Å². The first-order chi connectivity index (χ1) is 7.19. The molecule has 0 saturated heterocycles. The number of hydrogen-bond acceptors (Lipinski definition) is 2. The van der Waals surface area contributed by atoms with Crippen molar-refractivity contribution in [3.63, 3.8) is 0 Å². The molecule has 0 aliphatic heterocycles. The molecular formula is C11H12BrNO2. The minimum atomic E-state index is -0.0305. The number of rotatable bonds is 3. The van der Waals surface area contributed by atoms with Crippen LogP contribution in [0.2, 0.25) is 0 Å². The summed E-state index contributed by atoms with van der Waals surface area (Å²) in [6, 6.07) is 5.74. The van der Waals surface area contributed by atoms with E-state index in [-0.39, 0.29) is 5.91 Å². The summed E-state index contributed by atoms with van der Waals surface area (Å²) in [6.45, 7) is 0. The van der Waals surface area contributed by atoms with Gasteiger partial charge in [0, 0.05) is 16.1 Å². The van der Waals surface area contributed by atoms with Crippen LogP contribution in [0.4, 0.5) is 0 Å². The van der Waals surface area contributed by atoms with Gasteiger partial charge in [0.15, 0.2) is 0 Å². The zero-order valence-electron chi connectivity index (χ0n) is 8.42. The van der Waals surface area contributed by atoms with Crippen LogP contribution in [0.5, 0.6) is 5.75 Å². The first-order valence-electron chi connectivity index (χ1n) is 4.84. The molecule has 0 bridgehead atoms. The summed E-state index contributed by atoms with van der Waals surface area (Å²) in [4.78, 5) is 11.7. The van der Waals surface area contributed by atoms with Crippen LogP contribution in [0, 0.1) is 0 Å². The third-order valence-corrected chi connectivity index (χ3v) is 2.74. The maximum atomic E-state index is 11.7. The second-order valence-corrected chi connectivity index (χ2v) is 4.54. The quantitative estimate of drug-likeness (QED) is 0.915. The molecule has 3 nitrogen and oxygen atoms in total. The minimum Gasteiger partial charge on any atom is -0.497 e. The minimum absolute atomic E-state index is 0.0305. The lowest BCUT2D eigenvalue weighted by molar-refractivity contribution is 0.0950. The van der Waals surface area contributed by atoms with Gasteiger partial charge >= 0.3 is 0 Å². The van der Waals surface area contributed by atoms with Gasteiger partial charge in [-0.25, -0.2) is 0 Å². The summed E-state index contributed by atoms with van der Waals surface area (Å²) < 4.78 is 5.95. The molecule has 0 aromatic heterocycles. The molecule has 1 amide bonds. The second kappa shape index (κ2) is 4.23. The number of carbonyl (C=O) groups excluding carboxylic acids is 1. The Morgan fingerprint density at radius 3 is 2.80 bits per heavy atom. The van der Waals surface area contributed by atoms with Crippen LogP contribution in [0.25, 0.3) is 0 Å². The van der Waals surface area contributed by atoms with Gasteiger partial charge in [0.2, 0.25) is 0 Å². The summed E-state index contributed by atoms with van der Waals surface area (Å²) in [7, 11) is 1.59. The number of hydrogen-bond donors (Lipinski definition) is 1. The van der Waals surface area contributed by atoms with E-state index >= 15 is 0 Å². The van der Waals surface area contributed by atoms with E-state index in [0.717, 1.165) is 17.3 Å². The highest BCUT2D eigenvalue weighted by molar-refractivity contribution is 9.10. The van der Waals surface area contributed by atoms with Crippen molar-refractivity contribution >= 4 is 21.8 Å². The van der Waals surface area contributed by atoms with Crippen LogP contribution in [-0.2, 0) is 0 Å². The van der Waals surface area contributed by atoms with E-state index in [2.05, 4.69) is 21.2 Å². The van der Waals surface area contributed by atoms with Crippen LogP contribution in [0.1, 0.15) is 23.2 Å². The highest BCUT2D eigenvalue weighted by Crippen LogP contribution is 2.23. The van der Waals surface area contributed by atoms with Gasteiger partial charge < -0.3 is 10.1 Å². The Balaban J connectivity index is 2.17. The molecule has 15 heavy (non-hydrogen) atoms. The molecule has 80 valence electrons. The summed E-state index contributed by atoms with van der Waals surface area (Å²) >= 11 is 3.34. The van der Waals surface area contributed by atoms with Gasteiger partial charge in [-0.2, -0.15) is 0 Å². The fourth-order valence-corrected chi connectivity index (χ4v) is 1.78. The zero-order valence-corrected chi connectivity index (χ0v) is 10.0. The van der Waals surface area contributed by atoms with Crippen molar-refractivity contribution in [3.8, 4) is 5.75 Å². The van der Waals surface area contributed by atoms with Gasteiger partial charge in [0.25, 0.3) is 5.91 Å². The largest absolute Gasteiger partial charge is 0.497 e. The van der Waals surface area contributed by atoms with Gasteiger partial charge in [-0.15, -0.1) is 0 Å². The Morgan fingerprint density at radius 1 is 1.47 bits per heavy atom. The van der Waals surface area contributed by atoms with E-state index in [0.29, 0.717) is 17.4 Å². The van der Waals surface area contributed by atoms with Crippen molar-refractivity contribution in [1.29, 1.82) is 0 Å². The van der Waals surface area contributed by atoms with Gasteiger partial charge in [0.05, 0.1) is 7.11 Å². The lowest BCUT2D eigenvalue weighted by Crippen LogP contribution is -2.25. The Kier molecular flexibility index (Phi) is 2.95. The normalized spacial score (nSPS) is 14.8. The molecule has 1 aliphatic rings. The van der Waals surface area contributed by atoms with Crippen molar-refractivity contribution in [2.45, 2.75) is 18.9 Å². The Hall–Kier alpha value is -1.03. The number of methoxy groups -OCH3 is 1. The molecule has 1 aliphatic carbocycles. The van der Waals surface area contributed by atoms with E-state index in [1.54, 1.807) is 19.2 Å². The van der Waals surface area contributed by atoms with Crippen LogP contribution >= 0.6 is 15.9 Å². The molecule has 0 heterocycles. The Morgan fingerprint density at radius 2 is 2.20 bits per heavy atom. The SMILES string of the molecule is COc1cc(Br)cc(C(=O)NC2CC2)c1. The van der Waals surface area contributed by atoms with Crippen molar-refractivity contribution < 1.29 is 9.53 Å². The average molecular weight is 270 g/mol. The number of nitrogens with one attached hydrogen (secondary N) is 1. The number of ether oxygens (including phenoxy) is 1. The van der Waals surface area contributed by atoms with Gasteiger partial charge in [-0.05, 0) is 31.0 Å². The molecule has 0 spiro atoms. The summed E-state index contributed by atoms with van der Waals surface area (Å²) in [5.41, 5.74) is 0.633. The molecule has 1 aromatic rings. The predicted molar refractivity (Wildman–Crippen MR) is 61.2 cm³/mol. The fraction of sp³-hybridized carbons (Fsp3) is 0.364. The zero-order chi connectivity index (χ0) is 10.8. The smallest absolute Gasteiger partial charge is 0.251 e. The van der Waals surface area contributed by atoms with E-state index in [1.807, 2.05) is 6.07 Å². The monoisotopic (exact) mass is 269 g/mol. The molecule has 1 N–H and O–H groups in total. The summed E-state index contributed by atoms with van der Waals surface area (Å²) in [5.74, 6) is 0.655. The van der Waals surface area contributed by atoms with Crippen molar-refractivity contribution in [3.05, 3.63) is 28.2 Å². The first kappa shape index (κ1) is 10.5. The molecule has 0 radical (unpaired) electrons. The topological polar surface area (TPSA) is 38.3 Å². The second-order valence-electron chi connectivity index (χ2n) is 3.63. The highest BCUT2D eigenvalue weighted by atomic mass is 79.9. The van der Waals surface area contributed by atoms with Gasteiger partial charge in [-0.3, -0.25) is 4.79 Å². The summed E-state index contributed by atoms with van der Waals surface area (Å²) in [6.07, 6.45) is 2.19. The lowest BCUT2D eigenvalue weighted by atomic mass is 10.2. The third-order valence-electron chi connectivity index (χ3n) is 2.28. The maximum absolute atomic E-state index is 11.7. The fourth-order valence-electron chi connectivity index (χ4n) is 1.31. The number of halogens is 1. The van der Waals surface area contributed by atoms with Crippen LogP contribution in [0.15, 0.2) is 22.7 Å². The van der Waals surface area contributed by atoms with E-state index in [4.69, 9.17) is 4.74 Å². The molecule has 4 heteroatoms. The molecule has 2 rings (SSSR count). The van der Waals surface area contributed by atoms with Crippen LogP contribution in [-0.4, -0.2) is 19.1 Å². The summed E-state index contributed by atoms with van der Waals surface area (Å²) in [5, 5.41) is 2.93. The maximum Gasteiger partial charge on any atom is 0.251 e. The molecule has 0 atom stereocenters. The average Bonchev–Trinajstić information content (AvgIpc) is 3.00. The molecule has 0 unspecified atom stereocenters. The number of benzene rings is 1. The van der Waals surface area contributed by atoms with E-state index in [9.17, 15) is 4.79 Å². The number of carbonyl (C=O) groups is 1. The lowest BCUT2D eigenvalue weighted by Gasteiger charge is -2.06. The van der Waals surface area contributed by atoms with E-state index < -0.39 is 0 Å². The van der Waals surface area contributed by atoms with Crippen molar-refractivity contribution in [1.82, 2.24) is 5.32 Å². The van der Waals surface area contributed by atoms with Gasteiger partial charge in [0.1, 0.15) is 5.75 Å². The molecule has 1 fully saturated rings. The first-order valence-corrected chi connectivity index (χ1v) is 5.64. The van der Waals surface area contributed by atoms with Crippen LogP contribution < -0.4 is 10.1 Å².